The molecule has 0 amide bonds. The second-order valence-corrected chi connectivity index (χ2v) is 10.6. The van der Waals surface area contributed by atoms with Crippen LogP contribution in [0.15, 0.2) is 140 Å². The standard InChI is InChI=1S/C37H29N/c1-37(2)33-20-12-11-19-32(33)36-31-18-10-9-17-30(31)35(25-34(36)37)38(28-15-7-4-8-16-28)29-23-21-27(22-24-29)26-13-5-3-6-14-26/h3-25H,1-2H3. The molecule has 6 aromatic rings. The third kappa shape index (κ3) is 3.47. The topological polar surface area (TPSA) is 3.24 Å². The molecule has 0 heterocycles. The van der Waals surface area contributed by atoms with Crippen molar-refractivity contribution in [1.29, 1.82) is 0 Å². The summed E-state index contributed by atoms with van der Waals surface area (Å²) in [4.78, 5) is 2.41. The van der Waals surface area contributed by atoms with Crippen molar-refractivity contribution < 1.29 is 0 Å². The van der Waals surface area contributed by atoms with Crippen LogP contribution in [-0.4, -0.2) is 0 Å². The third-order valence-corrected chi connectivity index (χ3v) is 8.05. The Hall–Kier alpha value is -4.62. The molecule has 0 spiro atoms. The minimum absolute atomic E-state index is 0.0791. The number of fused-ring (bicyclic) bond motifs is 5. The molecule has 38 heavy (non-hydrogen) atoms. The van der Waals surface area contributed by atoms with Crippen molar-refractivity contribution in [1.82, 2.24) is 0 Å². The van der Waals surface area contributed by atoms with Gasteiger partial charge in [0.2, 0.25) is 0 Å². The van der Waals surface area contributed by atoms with Crippen molar-refractivity contribution in [2.24, 2.45) is 0 Å². The summed E-state index contributed by atoms with van der Waals surface area (Å²) in [6, 6.07) is 50.5. The first-order chi connectivity index (χ1) is 18.6. The van der Waals surface area contributed by atoms with E-state index in [1.807, 2.05) is 0 Å². The number of hydrogen-bond donors (Lipinski definition) is 0. The van der Waals surface area contributed by atoms with Crippen molar-refractivity contribution in [3.63, 3.8) is 0 Å². The number of rotatable bonds is 4. The molecule has 0 saturated carbocycles. The smallest absolute Gasteiger partial charge is 0.0543 e. The highest BCUT2D eigenvalue weighted by molar-refractivity contribution is 6.09. The van der Waals surface area contributed by atoms with Crippen LogP contribution in [0.5, 0.6) is 0 Å². The molecule has 1 aliphatic carbocycles. The third-order valence-electron chi connectivity index (χ3n) is 8.05. The summed E-state index contributed by atoms with van der Waals surface area (Å²) in [5.74, 6) is 0. The molecule has 182 valence electrons. The molecule has 6 aromatic carbocycles. The number of anilines is 3. The molecule has 7 rings (SSSR count). The maximum atomic E-state index is 2.44. The Balaban J connectivity index is 1.48. The van der Waals surface area contributed by atoms with E-state index in [0.29, 0.717) is 0 Å². The Labute approximate surface area is 224 Å². The van der Waals surface area contributed by atoms with Crippen LogP contribution < -0.4 is 4.90 Å². The van der Waals surface area contributed by atoms with Crippen molar-refractivity contribution in [2.75, 3.05) is 4.90 Å². The van der Waals surface area contributed by atoms with Gasteiger partial charge in [-0.25, -0.2) is 0 Å². The molecule has 0 fully saturated rings. The number of benzene rings is 6. The van der Waals surface area contributed by atoms with E-state index < -0.39 is 0 Å². The lowest BCUT2D eigenvalue weighted by Gasteiger charge is -2.30. The molecular weight excluding hydrogens is 458 g/mol. The molecule has 0 bridgehead atoms. The van der Waals surface area contributed by atoms with Crippen LogP contribution >= 0.6 is 0 Å². The zero-order valence-corrected chi connectivity index (χ0v) is 21.7. The molecule has 0 atom stereocenters. The van der Waals surface area contributed by atoms with E-state index in [0.717, 1.165) is 11.4 Å². The van der Waals surface area contributed by atoms with Crippen LogP contribution in [-0.2, 0) is 5.41 Å². The lowest BCUT2D eigenvalue weighted by atomic mass is 9.81. The van der Waals surface area contributed by atoms with Crippen molar-refractivity contribution in [2.45, 2.75) is 19.3 Å². The summed E-state index contributed by atoms with van der Waals surface area (Å²) in [6.45, 7) is 4.72. The summed E-state index contributed by atoms with van der Waals surface area (Å²) in [7, 11) is 0. The fourth-order valence-electron chi connectivity index (χ4n) is 6.15. The summed E-state index contributed by atoms with van der Waals surface area (Å²) in [5, 5.41) is 2.56. The predicted molar refractivity (Wildman–Crippen MR) is 162 cm³/mol. The van der Waals surface area contributed by atoms with Gasteiger partial charge in [-0.2, -0.15) is 0 Å². The van der Waals surface area contributed by atoms with Gasteiger partial charge in [0.05, 0.1) is 5.69 Å². The molecule has 0 N–H and O–H groups in total. The van der Waals surface area contributed by atoms with Gasteiger partial charge in [0, 0.05) is 22.2 Å². The monoisotopic (exact) mass is 487 g/mol. The molecule has 0 unspecified atom stereocenters. The maximum absolute atomic E-state index is 2.44. The molecule has 1 heteroatoms. The van der Waals surface area contributed by atoms with Crippen molar-refractivity contribution >= 4 is 27.8 Å². The van der Waals surface area contributed by atoms with E-state index in [4.69, 9.17) is 0 Å². The van der Waals surface area contributed by atoms with Gasteiger partial charge in [0.1, 0.15) is 0 Å². The van der Waals surface area contributed by atoms with Gasteiger partial charge in [-0.1, -0.05) is 123 Å². The Morgan fingerprint density at radius 1 is 0.474 bits per heavy atom. The van der Waals surface area contributed by atoms with Gasteiger partial charge < -0.3 is 4.90 Å². The highest BCUT2D eigenvalue weighted by Gasteiger charge is 2.37. The first kappa shape index (κ1) is 22.6. The average molecular weight is 488 g/mol. The van der Waals surface area contributed by atoms with Crippen molar-refractivity contribution in [3.05, 3.63) is 151 Å². The molecule has 0 aromatic heterocycles. The number of hydrogen-bond acceptors (Lipinski definition) is 1. The Morgan fingerprint density at radius 3 is 1.76 bits per heavy atom. The summed E-state index contributed by atoms with van der Waals surface area (Å²) in [5.41, 5.74) is 11.4. The zero-order chi connectivity index (χ0) is 25.7. The minimum atomic E-state index is -0.0791. The van der Waals surface area contributed by atoms with Crippen LogP contribution in [0.2, 0.25) is 0 Å². The Morgan fingerprint density at radius 2 is 1.03 bits per heavy atom. The second-order valence-electron chi connectivity index (χ2n) is 10.6. The van der Waals surface area contributed by atoms with Gasteiger partial charge in [-0.15, -0.1) is 0 Å². The van der Waals surface area contributed by atoms with Crippen LogP contribution in [0.4, 0.5) is 17.1 Å². The van der Waals surface area contributed by atoms with E-state index in [2.05, 4.69) is 158 Å². The van der Waals surface area contributed by atoms with Gasteiger partial charge in [0.25, 0.3) is 0 Å². The van der Waals surface area contributed by atoms with E-state index in [9.17, 15) is 0 Å². The lowest BCUT2D eigenvalue weighted by Crippen LogP contribution is -2.17. The van der Waals surface area contributed by atoms with E-state index >= 15 is 0 Å². The number of para-hydroxylation sites is 1. The Bertz CT molecular complexity index is 1760. The highest BCUT2D eigenvalue weighted by atomic mass is 15.1. The van der Waals surface area contributed by atoms with Gasteiger partial charge >= 0.3 is 0 Å². The maximum Gasteiger partial charge on any atom is 0.0543 e. The molecule has 1 aliphatic rings. The fraction of sp³-hybridized carbons (Fsp3) is 0.0811. The van der Waals surface area contributed by atoms with Crippen LogP contribution in [0.3, 0.4) is 0 Å². The second kappa shape index (κ2) is 8.75. The summed E-state index contributed by atoms with van der Waals surface area (Å²) in [6.07, 6.45) is 0. The molecule has 0 radical (unpaired) electrons. The van der Waals surface area contributed by atoms with Gasteiger partial charge in [0.15, 0.2) is 0 Å². The summed E-state index contributed by atoms with van der Waals surface area (Å²) >= 11 is 0. The highest BCUT2D eigenvalue weighted by Crippen LogP contribution is 2.54. The van der Waals surface area contributed by atoms with Gasteiger partial charge in [-0.05, 0) is 69.1 Å². The number of nitrogens with zero attached hydrogens (tertiary/aromatic N) is 1. The minimum Gasteiger partial charge on any atom is -0.310 e. The van der Waals surface area contributed by atoms with Crippen molar-refractivity contribution in [3.8, 4) is 22.3 Å². The predicted octanol–water partition coefficient (Wildman–Crippen LogP) is 10.3. The first-order valence-corrected chi connectivity index (χ1v) is 13.3. The van der Waals surface area contributed by atoms with E-state index in [-0.39, 0.29) is 5.41 Å². The zero-order valence-electron chi connectivity index (χ0n) is 21.7. The largest absolute Gasteiger partial charge is 0.310 e. The normalized spacial score (nSPS) is 13.2. The van der Waals surface area contributed by atoms with Crippen LogP contribution in [0.1, 0.15) is 25.0 Å². The molecule has 1 nitrogen and oxygen atoms in total. The van der Waals surface area contributed by atoms with E-state index in [1.54, 1.807) is 0 Å². The first-order valence-electron chi connectivity index (χ1n) is 13.3. The average Bonchev–Trinajstić information content (AvgIpc) is 3.21. The van der Waals surface area contributed by atoms with Crippen LogP contribution in [0, 0.1) is 0 Å². The fourth-order valence-corrected chi connectivity index (χ4v) is 6.15. The lowest BCUT2D eigenvalue weighted by molar-refractivity contribution is 0.661. The SMILES string of the molecule is CC1(C)c2ccccc2-c2c1cc(N(c1ccccc1)c1ccc(-c3ccccc3)cc1)c1ccccc21. The molecule has 0 aliphatic heterocycles. The molecule has 0 saturated heterocycles. The van der Waals surface area contributed by atoms with Gasteiger partial charge in [-0.3, -0.25) is 0 Å². The van der Waals surface area contributed by atoms with E-state index in [1.165, 1.54) is 49.8 Å². The molecular formula is C37H29N. The quantitative estimate of drug-likeness (QED) is 0.239. The Kier molecular flexibility index (Phi) is 5.19. The van der Waals surface area contributed by atoms with Crippen LogP contribution in [0.25, 0.3) is 33.0 Å². The summed E-state index contributed by atoms with van der Waals surface area (Å²) < 4.78 is 0.